The first-order valence-corrected chi connectivity index (χ1v) is 9.29. The number of halogens is 1. The lowest BCUT2D eigenvalue weighted by Gasteiger charge is -2.09. The van der Waals surface area contributed by atoms with E-state index in [9.17, 15) is 9.59 Å². The van der Waals surface area contributed by atoms with Gasteiger partial charge in [0.1, 0.15) is 0 Å². The molecule has 7 nitrogen and oxygen atoms in total. The number of aromatic nitrogens is 2. The molecule has 3 aromatic rings. The van der Waals surface area contributed by atoms with E-state index >= 15 is 0 Å². The lowest BCUT2D eigenvalue weighted by molar-refractivity contribution is -0.119. The average molecular weight is 413 g/mol. The SMILES string of the molecule is Cc1ccc(-n2nc(C)c(NC(=O)COC(=O)c3cc(Cl)ccc3N)c2C)cc1. The van der Waals surface area contributed by atoms with Crippen molar-refractivity contribution in [1.82, 2.24) is 9.78 Å². The highest BCUT2D eigenvalue weighted by Gasteiger charge is 2.18. The van der Waals surface area contributed by atoms with Crippen LogP contribution in [0.1, 0.15) is 27.3 Å². The van der Waals surface area contributed by atoms with Crippen molar-refractivity contribution in [3.05, 3.63) is 70.0 Å². The molecule has 0 bridgehead atoms. The highest BCUT2D eigenvalue weighted by molar-refractivity contribution is 6.31. The number of aryl methyl sites for hydroxylation is 2. The molecule has 1 aromatic heterocycles. The Morgan fingerprint density at radius 1 is 1.14 bits per heavy atom. The maximum absolute atomic E-state index is 12.3. The lowest BCUT2D eigenvalue weighted by Crippen LogP contribution is -2.22. The summed E-state index contributed by atoms with van der Waals surface area (Å²) >= 11 is 5.88. The summed E-state index contributed by atoms with van der Waals surface area (Å²) in [6.07, 6.45) is 0. The van der Waals surface area contributed by atoms with Gasteiger partial charge >= 0.3 is 5.97 Å². The van der Waals surface area contributed by atoms with Gasteiger partial charge in [-0.3, -0.25) is 4.79 Å². The van der Waals surface area contributed by atoms with Gasteiger partial charge in [0.25, 0.3) is 5.91 Å². The molecule has 3 N–H and O–H groups in total. The van der Waals surface area contributed by atoms with Crippen LogP contribution in [-0.4, -0.2) is 28.3 Å². The van der Waals surface area contributed by atoms with Crippen molar-refractivity contribution in [2.75, 3.05) is 17.7 Å². The molecule has 0 aliphatic heterocycles. The normalized spacial score (nSPS) is 10.6. The molecule has 2 aromatic carbocycles. The van der Waals surface area contributed by atoms with E-state index in [1.54, 1.807) is 17.7 Å². The van der Waals surface area contributed by atoms with Crippen LogP contribution < -0.4 is 11.1 Å². The van der Waals surface area contributed by atoms with Gasteiger partial charge < -0.3 is 15.8 Å². The van der Waals surface area contributed by atoms with E-state index in [-0.39, 0.29) is 11.3 Å². The molecule has 0 spiro atoms. The summed E-state index contributed by atoms with van der Waals surface area (Å²) < 4.78 is 6.82. The van der Waals surface area contributed by atoms with E-state index < -0.39 is 18.5 Å². The van der Waals surface area contributed by atoms with Crippen LogP contribution in [0.4, 0.5) is 11.4 Å². The predicted octanol–water partition coefficient (Wildman–Crippen LogP) is 3.83. The minimum absolute atomic E-state index is 0.116. The summed E-state index contributed by atoms with van der Waals surface area (Å²) in [7, 11) is 0. The van der Waals surface area contributed by atoms with Crippen molar-refractivity contribution in [3.63, 3.8) is 0 Å². The Labute approximate surface area is 173 Å². The number of nitrogen functional groups attached to an aromatic ring is 1. The Kier molecular flexibility index (Phi) is 5.89. The summed E-state index contributed by atoms with van der Waals surface area (Å²) in [5.74, 6) is -1.20. The molecule has 1 amide bonds. The zero-order valence-corrected chi connectivity index (χ0v) is 17.1. The fourth-order valence-electron chi connectivity index (χ4n) is 2.85. The van der Waals surface area contributed by atoms with Gasteiger partial charge in [0.05, 0.1) is 28.3 Å². The molecule has 0 saturated heterocycles. The summed E-state index contributed by atoms with van der Waals surface area (Å²) in [5, 5.41) is 7.60. The Morgan fingerprint density at radius 2 is 1.83 bits per heavy atom. The lowest BCUT2D eigenvalue weighted by atomic mass is 10.2. The van der Waals surface area contributed by atoms with Gasteiger partial charge in [-0.25, -0.2) is 9.48 Å². The van der Waals surface area contributed by atoms with E-state index in [0.717, 1.165) is 16.9 Å². The van der Waals surface area contributed by atoms with Gasteiger partial charge in [-0.15, -0.1) is 0 Å². The molecule has 0 atom stereocenters. The van der Waals surface area contributed by atoms with Gasteiger partial charge in [-0.05, 0) is 51.1 Å². The molecule has 3 rings (SSSR count). The fraction of sp³-hybridized carbons (Fsp3) is 0.190. The number of rotatable bonds is 5. The minimum Gasteiger partial charge on any atom is -0.452 e. The number of anilines is 2. The van der Waals surface area contributed by atoms with Crippen LogP contribution in [0.5, 0.6) is 0 Å². The highest BCUT2D eigenvalue weighted by atomic mass is 35.5. The number of carbonyl (C=O) groups is 2. The second-order valence-corrected chi connectivity index (χ2v) is 7.09. The molecule has 0 aliphatic carbocycles. The van der Waals surface area contributed by atoms with E-state index in [4.69, 9.17) is 22.1 Å². The zero-order valence-electron chi connectivity index (χ0n) is 16.3. The molecule has 29 heavy (non-hydrogen) atoms. The summed E-state index contributed by atoms with van der Waals surface area (Å²) in [6, 6.07) is 12.4. The highest BCUT2D eigenvalue weighted by Crippen LogP contribution is 2.23. The van der Waals surface area contributed by atoms with Crippen LogP contribution in [-0.2, 0) is 9.53 Å². The van der Waals surface area contributed by atoms with Gasteiger partial charge in [0.15, 0.2) is 6.61 Å². The quantitative estimate of drug-likeness (QED) is 0.490. The monoisotopic (exact) mass is 412 g/mol. The molecule has 0 fully saturated rings. The molecule has 0 aliphatic rings. The maximum atomic E-state index is 12.3. The number of esters is 1. The van der Waals surface area contributed by atoms with Gasteiger partial charge in [0.2, 0.25) is 0 Å². The average Bonchev–Trinajstić information content (AvgIpc) is 2.97. The Hall–Kier alpha value is -3.32. The molecule has 150 valence electrons. The second kappa shape index (κ2) is 8.36. The molecule has 8 heteroatoms. The van der Waals surface area contributed by atoms with Crippen LogP contribution in [0.3, 0.4) is 0 Å². The van der Waals surface area contributed by atoms with Crippen molar-refractivity contribution in [2.45, 2.75) is 20.8 Å². The van der Waals surface area contributed by atoms with E-state index in [1.165, 1.54) is 12.1 Å². The van der Waals surface area contributed by atoms with Crippen molar-refractivity contribution >= 4 is 34.9 Å². The third-order valence-corrected chi connectivity index (χ3v) is 4.64. The van der Waals surface area contributed by atoms with Crippen molar-refractivity contribution < 1.29 is 14.3 Å². The molecule has 1 heterocycles. The number of nitrogens with zero attached hydrogens (tertiary/aromatic N) is 2. The van der Waals surface area contributed by atoms with Crippen molar-refractivity contribution in [3.8, 4) is 5.69 Å². The Bertz CT molecular complexity index is 1070. The largest absolute Gasteiger partial charge is 0.452 e. The number of hydrogen-bond donors (Lipinski definition) is 2. The third-order valence-electron chi connectivity index (χ3n) is 4.40. The number of nitrogens with two attached hydrogens (primary N) is 1. The predicted molar refractivity (Wildman–Crippen MR) is 113 cm³/mol. The molecule has 0 saturated carbocycles. The number of benzene rings is 2. The smallest absolute Gasteiger partial charge is 0.340 e. The second-order valence-electron chi connectivity index (χ2n) is 6.65. The Balaban J connectivity index is 1.69. The fourth-order valence-corrected chi connectivity index (χ4v) is 3.02. The number of hydrogen-bond acceptors (Lipinski definition) is 5. The van der Waals surface area contributed by atoms with Crippen LogP contribution >= 0.6 is 11.6 Å². The summed E-state index contributed by atoms with van der Waals surface area (Å²) in [4.78, 5) is 24.5. The minimum atomic E-state index is -0.719. The summed E-state index contributed by atoms with van der Waals surface area (Å²) in [5.41, 5.74) is 10.1. The molecular formula is C21H21ClN4O3. The molecule has 0 radical (unpaired) electrons. The van der Waals surface area contributed by atoms with E-state index in [2.05, 4.69) is 10.4 Å². The topological polar surface area (TPSA) is 99.2 Å². The number of nitrogens with one attached hydrogen (secondary N) is 1. The molecule has 0 unspecified atom stereocenters. The Morgan fingerprint density at radius 3 is 2.52 bits per heavy atom. The number of amides is 1. The first kappa shape index (κ1) is 20.4. The van der Waals surface area contributed by atoms with E-state index in [1.807, 2.05) is 38.1 Å². The van der Waals surface area contributed by atoms with Crippen molar-refractivity contribution in [2.24, 2.45) is 0 Å². The van der Waals surface area contributed by atoms with Crippen LogP contribution in [0.15, 0.2) is 42.5 Å². The zero-order chi connectivity index (χ0) is 21.1. The van der Waals surface area contributed by atoms with Gasteiger partial charge in [-0.2, -0.15) is 5.10 Å². The number of carbonyl (C=O) groups excluding carboxylic acids is 2. The third kappa shape index (κ3) is 4.57. The van der Waals surface area contributed by atoms with Crippen LogP contribution in [0.2, 0.25) is 5.02 Å². The maximum Gasteiger partial charge on any atom is 0.340 e. The molecular weight excluding hydrogens is 392 g/mol. The first-order valence-electron chi connectivity index (χ1n) is 8.91. The van der Waals surface area contributed by atoms with Crippen LogP contribution in [0.25, 0.3) is 5.69 Å². The van der Waals surface area contributed by atoms with E-state index in [0.29, 0.717) is 16.4 Å². The van der Waals surface area contributed by atoms with Gasteiger partial charge in [0, 0.05) is 10.7 Å². The van der Waals surface area contributed by atoms with Crippen LogP contribution in [0, 0.1) is 20.8 Å². The van der Waals surface area contributed by atoms with Crippen molar-refractivity contribution in [1.29, 1.82) is 0 Å². The first-order chi connectivity index (χ1) is 13.8. The number of ether oxygens (including phenoxy) is 1. The summed E-state index contributed by atoms with van der Waals surface area (Å²) in [6.45, 7) is 5.20. The standard InChI is InChI=1S/C21H21ClN4O3/c1-12-4-7-16(8-5-12)26-14(3)20(13(2)25-26)24-19(27)11-29-21(28)17-10-15(22)6-9-18(17)23/h4-10H,11,23H2,1-3H3,(H,24,27). The van der Waals surface area contributed by atoms with Gasteiger partial charge in [-0.1, -0.05) is 29.3 Å².